The topological polar surface area (TPSA) is 46.3 Å². The molecule has 0 unspecified atom stereocenters. The van der Waals surface area contributed by atoms with E-state index in [2.05, 4.69) is 19.0 Å². The van der Waals surface area contributed by atoms with Crippen LogP contribution in [0, 0.1) is 18.8 Å². The smallest absolute Gasteiger partial charge is 0.276 e. The van der Waals surface area contributed by atoms with Crippen LogP contribution in [0.2, 0.25) is 0 Å². The molecule has 0 bridgehead atoms. The molecule has 0 spiro atoms. The second-order valence-electron chi connectivity index (χ2n) is 6.60. The van der Waals surface area contributed by atoms with Crippen molar-refractivity contribution in [1.29, 1.82) is 0 Å². The van der Waals surface area contributed by atoms with Gasteiger partial charge >= 0.3 is 0 Å². The minimum atomic E-state index is -0.0268. The number of carbonyl (C=O) groups is 1. The molecule has 1 aromatic heterocycles. The standard InChI is InChI=1S/C18H22N2O2/c1-12-5-4-6-15(8-12)17-9-16(19-22-17)18(21)20-10-13(2)7-14(3)11-20/h4-6,8-9,13-14H,7,10-11H2,1-3H3/t13-,14-/m1/s1. The van der Waals surface area contributed by atoms with Gasteiger partial charge in [0, 0.05) is 24.7 Å². The third-order valence-electron chi connectivity index (χ3n) is 4.19. The summed E-state index contributed by atoms with van der Waals surface area (Å²) in [6.07, 6.45) is 1.18. The van der Waals surface area contributed by atoms with Crippen LogP contribution in [0.3, 0.4) is 0 Å². The number of aryl methyl sites for hydroxylation is 1. The van der Waals surface area contributed by atoms with Crippen LogP contribution < -0.4 is 0 Å². The molecule has 1 saturated heterocycles. The number of aromatic nitrogens is 1. The van der Waals surface area contributed by atoms with E-state index in [4.69, 9.17) is 4.52 Å². The first-order valence-electron chi connectivity index (χ1n) is 7.86. The van der Waals surface area contributed by atoms with Crippen LogP contribution in [0.4, 0.5) is 0 Å². The Morgan fingerprint density at radius 2 is 1.95 bits per heavy atom. The maximum atomic E-state index is 12.6. The summed E-state index contributed by atoms with van der Waals surface area (Å²) in [6.45, 7) is 8.02. The predicted octanol–water partition coefficient (Wildman–Crippen LogP) is 3.77. The number of benzene rings is 1. The SMILES string of the molecule is Cc1cccc(-c2cc(C(=O)N3C[C@H](C)C[C@@H](C)C3)no2)c1. The zero-order valence-corrected chi connectivity index (χ0v) is 13.4. The van der Waals surface area contributed by atoms with Crippen LogP contribution in [-0.4, -0.2) is 29.1 Å². The fourth-order valence-electron chi connectivity index (χ4n) is 3.30. The van der Waals surface area contributed by atoms with Gasteiger partial charge in [-0.05, 0) is 31.2 Å². The minimum Gasteiger partial charge on any atom is -0.355 e. The fourth-order valence-corrected chi connectivity index (χ4v) is 3.30. The first-order valence-corrected chi connectivity index (χ1v) is 7.86. The average molecular weight is 298 g/mol. The molecule has 1 amide bonds. The molecule has 1 fully saturated rings. The summed E-state index contributed by atoms with van der Waals surface area (Å²) in [7, 11) is 0. The Labute approximate surface area is 131 Å². The van der Waals surface area contributed by atoms with Gasteiger partial charge in [-0.15, -0.1) is 0 Å². The second kappa shape index (κ2) is 5.95. The number of amides is 1. The van der Waals surface area contributed by atoms with Gasteiger partial charge in [0.25, 0.3) is 5.91 Å². The van der Waals surface area contributed by atoms with E-state index in [9.17, 15) is 4.79 Å². The molecular formula is C18H22N2O2. The molecule has 2 atom stereocenters. The number of hydrogen-bond acceptors (Lipinski definition) is 3. The zero-order valence-electron chi connectivity index (χ0n) is 13.4. The van der Waals surface area contributed by atoms with Gasteiger partial charge in [-0.2, -0.15) is 0 Å². The van der Waals surface area contributed by atoms with Crippen molar-refractivity contribution in [1.82, 2.24) is 10.1 Å². The average Bonchev–Trinajstić information content (AvgIpc) is 2.95. The lowest BCUT2D eigenvalue weighted by molar-refractivity contribution is 0.0613. The van der Waals surface area contributed by atoms with E-state index in [1.807, 2.05) is 36.1 Å². The van der Waals surface area contributed by atoms with Crippen molar-refractivity contribution in [2.24, 2.45) is 11.8 Å². The largest absolute Gasteiger partial charge is 0.355 e. The van der Waals surface area contributed by atoms with Crippen molar-refractivity contribution in [3.63, 3.8) is 0 Å². The number of likely N-dealkylation sites (tertiary alicyclic amines) is 1. The summed E-state index contributed by atoms with van der Waals surface area (Å²) >= 11 is 0. The summed E-state index contributed by atoms with van der Waals surface area (Å²) in [5.41, 5.74) is 2.50. The Bertz CT molecular complexity index is 667. The summed E-state index contributed by atoms with van der Waals surface area (Å²) in [6, 6.07) is 9.75. The van der Waals surface area contributed by atoms with Crippen molar-refractivity contribution in [3.05, 3.63) is 41.6 Å². The quantitative estimate of drug-likeness (QED) is 0.848. The Morgan fingerprint density at radius 1 is 1.23 bits per heavy atom. The molecule has 0 N–H and O–H groups in total. The van der Waals surface area contributed by atoms with Gasteiger partial charge in [-0.1, -0.05) is 42.8 Å². The maximum absolute atomic E-state index is 12.6. The Balaban J connectivity index is 1.80. The first-order chi connectivity index (χ1) is 10.5. The van der Waals surface area contributed by atoms with Crippen LogP contribution in [-0.2, 0) is 0 Å². The second-order valence-corrected chi connectivity index (χ2v) is 6.60. The van der Waals surface area contributed by atoms with E-state index in [0.717, 1.165) is 24.2 Å². The molecule has 116 valence electrons. The van der Waals surface area contributed by atoms with Gasteiger partial charge in [0.15, 0.2) is 11.5 Å². The third kappa shape index (κ3) is 3.06. The van der Waals surface area contributed by atoms with Crippen molar-refractivity contribution in [2.45, 2.75) is 27.2 Å². The molecule has 1 aliphatic heterocycles. The van der Waals surface area contributed by atoms with Crippen LogP contribution >= 0.6 is 0 Å². The number of hydrogen-bond donors (Lipinski definition) is 0. The van der Waals surface area contributed by atoms with Crippen LogP contribution in [0.1, 0.15) is 36.3 Å². The van der Waals surface area contributed by atoms with Crippen LogP contribution in [0.25, 0.3) is 11.3 Å². The molecular weight excluding hydrogens is 276 g/mol. The normalized spacial score (nSPS) is 21.9. The maximum Gasteiger partial charge on any atom is 0.276 e. The molecule has 4 nitrogen and oxygen atoms in total. The van der Waals surface area contributed by atoms with E-state index >= 15 is 0 Å². The Morgan fingerprint density at radius 3 is 2.64 bits per heavy atom. The van der Waals surface area contributed by atoms with E-state index in [1.54, 1.807) is 6.07 Å². The highest BCUT2D eigenvalue weighted by atomic mass is 16.5. The van der Waals surface area contributed by atoms with Crippen LogP contribution in [0.5, 0.6) is 0 Å². The van der Waals surface area contributed by atoms with Gasteiger partial charge in [0.1, 0.15) is 0 Å². The molecule has 3 rings (SSSR count). The highest BCUT2D eigenvalue weighted by molar-refractivity contribution is 5.93. The zero-order chi connectivity index (χ0) is 15.7. The molecule has 2 heterocycles. The molecule has 2 aromatic rings. The highest BCUT2D eigenvalue weighted by Gasteiger charge is 2.28. The summed E-state index contributed by atoms with van der Waals surface area (Å²) in [4.78, 5) is 14.5. The van der Waals surface area contributed by atoms with Gasteiger partial charge < -0.3 is 9.42 Å². The number of piperidine rings is 1. The van der Waals surface area contributed by atoms with E-state index in [0.29, 0.717) is 23.3 Å². The van der Waals surface area contributed by atoms with Crippen molar-refractivity contribution in [2.75, 3.05) is 13.1 Å². The third-order valence-corrected chi connectivity index (χ3v) is 4.19. The Hall–Kier alpha value is -2.10. The van der Waals surface area contributed by atoms with E-state index in [1.165, 1.54) is 6.42 Å². The number of rotatable bonds is 2. The molecule has 0 saturated carbocycles. The lowest BCUT2D eigenvalue weighted by Gasteiger charge is -2.34. The summed E-state index contributed by atoms with van der Waals surface area (Å²) in [5, 5.41) is 3.98. The van der Waals surface area contributed by atoms with Gasteiger partial charge in [-0.25, -0.2) is 0 Å². The molecule has 1 aliphatic rings. The Kier molecular flexibility index (Phi) is 4.01. The fraction of sp³-hybridized carbons (Fsp3) is 0.444. The van der Waals surface area contributed by atoms with E-state index < -0.39 is 0 Å². The minimum absolute atomic E-state index is 0.0268. The lowest BCUT2D eigenvalue weighted by atomic mass is 9.92. The molecule has 1 aromatic carbocycles. The molecule has 4 heteroatoms. The summed E-state index contributed by atoms with van der Waals surface area (Å²) < 4.78 is 5.37. The monoisotopic (exact) mass is 298 g/mol. The highest BCUT2D eigenvalue weighted by Crippen LogP contribution is 2.25. The van der Waals surface area contributed by atoms with Gasteiger partial charge in [0.05, 0.1) is 0 Å². The van der Waals surface area contributed by atoms with Crippen molar-refractivity contribution < 1.29 is 9.32 Å². The first kappa shape index (κ1) is 14.8. The van der Waals surface area contributed by atoms with Crippen molar-refractivity contribution in [3.8, 4) is 11.3 Å². The molecule has 0 aliphatic carbocycles. The van der Waals surface area contributed by atoms with Gasteiger partial charge in [0.2, 0.25) is 0 Å². The molecule has 0 radical (unpaired) electrons. The molecule has 22 heavy (non-hydrogen) atoms. The lowest BCUT2D eigenvalue weighted by Crippen LogP contribution is -2.42. The summed E-state index contributed by atoms with van der Waals surface area (Å²) in [5.74, 6) is 1.69. The van der Waals surface area contributed by atoms with Gasteiger partial charge in [-0.3, -0.25) is 4.79 Å². The number of nitrogens with zero attached hydrogens (tertiary/aromatic N) is 2. The van der Waals surface area contributed by atoms with E-state index in [-0.39, 0.29) is 5.91 Å². The predicted molar refractivity (Wildman–Crippen MR) is 85.5 cm³/mol. The number of carbonyl (C=O) groups excluding carboxylic acids is 1. The van der Waals surface area contributed by atoms with Crippen LogP contribution in [0.15, 0.2) is 34.9 Å². The van der Waals surface area contributed by atoms with Crippen molar-refractivity contribution >= 4 is 5.91 Å².